The quantitative estimate of drug-likeness (QED) is 0.653. The van der Waals surface area contributed by atoms with E-state index in [1.54, 1.807) is 0 Å². The van der Waals surface area contributed by atoms with Gasteiger partial charge < -0.3 is 10.8 Å². The van der Waals surface area contributed by atoms with Crippen molar-refractivity contribution >= 4 is 18.1 Å². The number of nitrogens with zero attached hydrogens (tertiary/aromatic N) is 1. The van der Waals surface area contributed by atoms with Crippen LogP contribution in [0.3, 0.4) is 0 Å². The fraction of sp³-hybridized carbons (Fsp3) is 0.200. The summed E-state index contributed by atoms with van der Waals surface area (Å²) in [4.78, 5) is 10.3. The van der Waals surface area contributed by atoms with Gasteiger partial charge in [0.05, 0.1) is 23.1 Å². The Morgan fingerprint density at radius 1 is 1.23 bits per heavy atom. The highest BCUT2D eigenvalue weighted by molar-refractivity contribution is 5.85. The van der Waals surface area contributed by atoms with Crippen molar-refractivity contribution in [3.8, 4) is 0 Å². The van der Waals surface area contributed by atoms with Gasteiger partial charge in [-0.2, -0.15) is 0 Å². The van der Waals surface area contributed by atoms with E-state index in [1.807, 2.05) is 30.3 Å². The second-order valence-electron chi connectivity index (χ2n) is 4.74. The molecule has 0 aliphatic rings. The van der Waals surface area contributed by atoms with Crippen molar-refractivity contribution in [1.29, 1.82) is 0 Å². The lowest BCUT2D eigenvalue weighted by atomic mass is 9.95. The average Bonchev–Trinajstić information content (AvgIpc) is 2.47. The lowest BCUT2D eigenvalue weighted by molar-refractivity contribution is -0.386. The summed E-state index contributed by atoms with van der Waals surface area (Å²) in [7, 11) is 0. The van der Waals surface area contributed by atoms with Crippen LogP contribution >= 0.6 is 12.4 Å². The van der Waals surface area contributed by atoms with Crippen molar-refractivity contribution < 1.29 is 14.4 Å². The summed E-state index contributed by atoms with van der Waals surface area (Å²) in [5.74, 6) is -0.713. The summed E-state index contributed by atoms with van der Waals surface area (Å²) in [6, 6.07) is 11.3. The van der Waals surface area contributed by atoms with Crippen LogP contribution in [0.4, 0.5) is 10.1 Å². The van der Waals surface area contributed by atoms with Crippen LogP contribution < -0.4 is 5.73 Å². The summed E-state index contributed by atoms with van der Waals surface area (Å²) in [5.41, 5.74) is 6.46. The van der Waals surface area contributed by atoms with E-state index in [1.165, 1.54) is 6.07 Å². The van der Waals surface area contributed by atoms with Gasteiger partial charge >= 0.3 is 0 Å². The lowest BCUT2D eigenvalue weighted by Gasteiger charge is -2.19. The van der Waals surface area contributed by atoms with E-state index in [0.29, 0.717) is 0 Å². The lowest BCUT2D eigenvalue weighted by Crippen LogP contribution is -2.28. The number of aliphatic hydroxyl groups excluding tert-OH is 1. The van der Waals surface area contributed by atoms with Gasteiger partial charge in [-0.25, -0.2) is 4.39 Å². The van der Waals surface area contributed by atoms with Crippen molar-refractivity contribution in [2.24, 2.45) is 5.73 Å². The number of halogens is 2. The van der Waals surface area contributed by atoms with E-state index >= 15 is 0 Å². The Bertz CT molecular complexity index is 640. The molecule has 0 bridgehead atoms. The van der Waals surface area contributed by atoms with Gasteiger partial charge in [0, 0.05) is 12.0 Å². The molecule has 0 heterocycles. The van der Waals surface area contributed by atoms with Crippen molar-refractivity contribution in [1.82, 2.24) is 0 Å². The Balaban J connectivity index is 0.00000242. The van der Waals surface area contributed by atoms with Gasteiger partial charge in [-0.3, -0.25) is 10.1 Å². The monoisotopic (exact) mass is 326 g/mol. The van der Waals surface area contributed by atoms with Crippen LogP contribution in [-0.2, 0) is 6.42 Å². The molecule has 0 spiro atoms. The first-order chi connectivity index (χ1) is 9.99. The second-order valence-corrected chi connectivity index (χ2v) is 4.74. The molecule has 0 fully saturated rings. The van der Waals surface area contributed by atoms with Crippen LogP contribution in [-0.4, -0.2) is 16.1 Å². The Kier molecular flexibility index (Phi) is 6.42. The number of hydrogen-bond donors (Lipinski definition) is 2. The molecule has 0 aliphatic carbocycles. The maximum atomic E-state index is 13.1. The van der Waals surface area contributed by atoms with Gasteiger partial charge in [0.15, 0.2) is 0 Å². The minimum Gasteiger partial charge on any atom is -0.391 e. The van der Waals surface area contributed by atoms with Gasteiger partial charge in [0.25, 0.3) is 5.69 Å². The minimum atomic E-state index is -1.00. The maximum absolute atomic E-state index is 13.1. The molecule has 2 aromatic rings. The van der Waals surface area contributed by atoms with Crippen LogP contribution in [0.25, 0.3) is 0 Å². The third kappa shape index (κ3) is 4.24. The third-order valence-corrected chi connectivity index (χ3v) is 3.25. The zero-order valence-electron chi connectivity index (χ0n) is 11.6. The van der Waals surface area contributed by atoms with Gasteiger partial charge in [0.2, 0.25) is 0 Å². The Hall–Kier alpha value is -2.02. The summed E-state index contributed by atoms with van der Waals surface area (Å²) in [6.45, 7) is 0. The molecule has 0 aromatic heterocycles. The number of nitro benzene ring substituents is 1. The highest BCUT2D eigenvalue weighted by Crippen LogP contribution is 2.27. The van der Waals surface area contributed by atoms with Crippen LogP contribution in [0.5, 0.6) is 0 Å². The number of nitrogens with two attached hydrogens (primary N) is 1. The van der Waals surface area contributed by atoms with Crippen molar-refractivity contribution in [3.05, 3.63) is 75.6 Å². The van der Waals surface area contributed by atoms with E-state index in [9.17, 15) is 19.6 Å². The molecule has 7 heteroatoms. The molecular weight excluding hydrogens is 311 g/mol. The molecule has 0 amide bonds. The Morgan fingerprint density at radius 2 is 1.86 bits per heavy atom. The summed E-state index contributed by atoms with van der Waals surface area (Å²) >= 11 is 0. The zero-order valence-corrected chi connectivity index (χ0v) is 12.4. The number of aliphatic hydroxyl groups is 1. The van der Waals surface area contributed by atoms with E-state index in [2.05, 4.69) is 0 Å². The largest absolute Gasteiger partial charge is 0.391 e. The molecule has 0 aliphatic heterocycles. The molecule has 118 valence electrons. The van der Waals surface area contributed by atoms with Gasteiger partial charge in [0.1, 0.15) is 5.82 Å². The third-order valence-electron chi connectivity index (χ3n) is 3.25. The number of hydrogen-bond acceptors (Lipinski definition) is 4. The standard InChI is InChI=1S/C15H15FN2O3.ClH/c16-11-6-7-12(13(9-11)18(20)21)15(17)14(19)8-10-4-2-1-3-5-10;/h1-7,9,14-15,19H,8,17H2;1H/t14-,15+;/m0./s1. The van der Waals surface area contributed by atoms with Crippen LogP contribution in [0.2, 0.25) is 0 Å². The molecule has 2 rings (SSSR count). The van der Waals surface area contributed by atoms with Gasteiger partial charge in [-0.05, 0) is 17.7 Å². The van der Waals surface area contributed by atoms with E-state index in [-0.39, 0.29) is 24.4 Å². The SMILES string of the molecule is Cl.N[C@H](c1ccc(F)cc1[N+](=O)[O-])[C@@H](O)Cc1ccccc1. The van der Waals surface area contributed by atoms with E-state index < -0.39 is 28.6 Å². The molecule has 0 saturated heterocycles. The first-order valence-corrected chi connectivity index (χ1v) is 6.40. The smallest absolute Gasteiger partial charge is 0.277 e. The maximum Gasteiger partial charge on any atom is 0.277 e. The topological polar surface area (TPSA) is 89.4 Å². The van der Waals surface area contributed by atoms with Gasteiger partial charge in [-0.15, -0.1) is 12.4 Å². The second kappa shape index (κ2) is 7.84. The molecule has 5 nitrogen and oxygen atoms in total. The predicted octanol–water partition coefficient (Wildman–Crippen LogP) is 2.76. The molecule has 0 radical (unpaired) electrons. The van der Waals surface area contributed by atoms with Crippen molar-refractivity contribution in [3.63, 3.8) is 0 Å². The van der Waals surface area contributed by atoms with Gasteiger partial charge in [-0.1, -0.05) is 30.3 Å². The van der Waals surface area contributed by atoms with Crippen LogP contribution in [0, 0.1) is 15.9 Å². The van der Waals surface area contributed by atoms with E-state index in [0.717, 1.165) is 17.7 Å². The predicted molar refractivity (Wildman–Crippen MR) is 83.4 cm³/mol. The van der Waals surface area contributed by atoms with Crippen LogP contribution in [0.15, 0.2) is 48.5 Å². The fourth-order valence-electron chi connectivity index (χ4n) is 2.15. The minimum absolute atomic E-state index is 0. The summed E-state index contributed by atoms with van der Waals surface area (Å²) < 4.78 is 13.1. The first-order valence-electron chi connectivity index (χ1n) is 6.40. The first kappa shape index (κ1) is 18.0. The van der Waals surface area contributed by atoms with Crippen molar-refractivity contribution in [2.45, 2.75) is 18.6 Å². The van der Waals surface area contributed by atoms with E-state index in [4.69, 9.17) is 5.73 Å². The molecule has 2 aromatic carbocycles. The summed E-state index contributed by atoms with van der Waals surface area (Å²) in [5, 5.41) is 21.1. The molecule has 22 heavy (non-hydrogen) atoms. The summed E-state index contributed by atoms with van der Waals surface area (Å²) in [6.07, 6.45) is -0.743. The number of benzene rings is 2. The Labute approximate surface area is 133 Å². The number of rotatable bonds is 5. The normalized spacial score (nSPS) is 13.0. The molecule has 0 unspecified atom stereocenters. The fourth-order valence-corrected chi connectivity index (χ4v) is 2.15. The highest BCUT2D eigenvalue weighted by Gasteiger charge is 2.25. The molecular formula is C15H16ClFN2O3. The number of nitro groups is 1. The highest BCUT2D eigenvalue weighted by atomic mass is 35.5. The Morgan fingerprint density at radius 3 is 2.45 bits per heavy atom. The zero-order chi connectivity index (χ0) is 15.4. The average molecular weight is 327 g/mol. The van der Waals surface area contributed by atoms with Crippen molar-refractivity contribution in [2.75, 3.05) is 0 Å². The molecule has 2 atom stereocenters. The molecule has 3 N–H and O–H groups in total. The van der Waals surface area contributed by atoms with Crippen LogP contribution in [0.1, 0.15) is 17.2 Å². The molecule has 0 saturated carbocycles.